The third-order valence-electron chi connectivity index (χ3n) is 2.70. The van der Waals surface area contributed by atoms with Gasteiger partial charge in [-0.05, 0) is 47.3 Å². The van der Waals surface area contributed by atoms with E-state index in [1.165, 1.54) is 11.3 Å². The molecule has 2 nitrogen and oxygen atoms in total. The lowest BCUT2D eigenvalue weighted by Crippen LogP contribution is -2.27. The quantitative estimate of drug-likeness (QED) is 0.840. The first-order valence-electron chi connectivity index (χ1n) is 4.70. The summed E-state index contributed by atoms with van der Waals surface area (Å²) in [5.74, 6) is 0.439. The normalized spacial score (nSPS) is 26.7. The topological polar surface area (TPSA) is 29.1 Å². The van der Waals surface area contributed by atoms with Crippen LogP contribution in [0.5, 0.6) is 0 Å². The van der Waals surface area contributed by atoms with Crippen LogP contribution in [0.3, 0.4) is 0 Å². The van der Waals surface area contributed by atoms with Gasteiger partial charge in [0.1, 0.15) is 0 Å². The molecule has 1 saturated heterocycles. The Morgan fingerprint density at radius 2 is 2.50 bits per heavy atom. The van der Waals surface area contributed by atoms with Crippen LogP contribution in [0.1, 0.15) is 23.0 Å². The molecule has 1 N–H and O–H groups in total. The first-order valence-corrected chi connectivity index (χ1v) is 6.38. The Labute approximate surface area is 95.8 Å². The van der Waals surface area contributed by atoms with E-state index in [2.05, 4.69) is 28.2 Å². The summed E-state index contributed by atoms with van der Waals surface area (Å²) in [6.45, 7) is 3.04. The molecule has 1 aromatic heterocycles. The van der Waals surface area contributed by atoms with Gasteiger partial charge in [0.05, 0.1) is 4.88 Å². The molecule has 2 heterocycles. The number of ketones is 1. The Hall–Kier alpha value is -0.190. The number of halogens is 1. The fraction of sp³-hybridized carbons (Fsp3) is 0.500. The average Bonchev–Trinajstić information content (AvgIpc) is 2.73. The average molecular weight is 274 g/mol. The van der Waals surface area contributed by atoms with Gasteiger partial charge in [-0.2, -0.15) is 0 Å². The number of Topliss-reactive ketones (excluding diaryl/α,β-unsaturated/α-hetero) is 1. The molecule has 4 heteroatoms. The lowest BCUT2D eigenvalue weighted by atomic mass is 9.96. The smallest absolute Gasteiger partial charge is 0.178 e. The second kappa shape index (κ2) is 4.13. The summed E-state index contributed by atoms with van der Waals surface area (Å²) in [6, 6.07) is 2.25. The molecule has 0 aromatic carbocycles. The van der Waals surface area contributed by atoms with Gasteiger partial charge in [-0.15, -0.1) is 11.3 Å². The van der Waals surface area contributed by atoms with Crippen LogP contribution in [-0.4, -0.2) is 18.4 Å². The minimum absolute atomic E-state index is 0.157. The van der Waals surface area contributed by atoms with Gasteiger partial charge in [-0.1, -0.05) is 0 Å². The van der Waals surface area contributed by atoms with Gasteiger partial charge in [0.15, 0.2) is 5.78 Å². The molecular weight excluding hydrogens is 262 g/mol. The highest BCUT2D eigenvalue weighted by atomic mass is 79.9. The van der Waals surface area contributed by atoms with Crippen molar-refractivity contribution in [3.8, 4) is 0 Å². The Morgan fingerprint density at radius 1 is 1.71 bits per heavy atom. The number of carbonyl (C=O) groups is 1. The van der Waals surface area contributed by atoms with Crippen molar-refractivity contribution in [2.75, 3.05) is 6.54 Å². The Kier molecular flexibility index (Phi) is 3.04. The number of thiophene rings is 1. The highest BCUT2D eigenvalue weighted by Crippen LogP contribution is 2.29. The van der Waals surface area contributed by atoms with Crippen molar-refractivity contribution in [1.82, 2.24) is 5.32 Å². The maximum Gasteiger partial charge on any atom is 0.178 e. The van der Waals surface area contributed by atoms with Gasteiger partial charge in [0.25, 0.3) is 0 Å². The second-order valence-corrected chi connectivity index (χ2v) is 5.37. The molecule has 2 rings (SSSR count). The van der Waals surface area contributed by atoms with Crippen molar-refractivity contribution in [3.63, 3.8) is 0 Å². The van der Waals surface area contributed by atoms with E-state index in [4.69, 9.17) is 0 Å². The summed E-state index contributed by atoms with van der Waals surface area (Å²) in [7, 11) is 0. The fourth-order valence-electron chi connectivity index (χ4n) is 1.85. The molecule has 0 saturated carbocycles. The van der Waals surface area contributed by atoms with E-state index < -0.39 is 0 Å². The summed E-state index contributed by atoms with van der Waals surface area (Å²) >= 11 is 4.93. The number of carbonyl (C=O) groups excluding carboxylic acids is 1. The largest absolute Gasteiger partial charge is 0.313 e. The van der Waals surface area contributed by atoms with Crippen LogP contribution in [0.25, 0.3) is 0 Å². The first-order chi connectivity index (χ1) is 6.70. The van der Waals surface area contributed by atoms with Crippen LogP contribution in [0, 0.1) is 5.92 Å². The van der Waals surface area contributed by atoms with Crippen LogP contribution >= 0.6 is 27.3 Å². The molecule has 0 bridgehead atoms. The zero-order valence-corrected chi connectivity index (χ0v) is 10.3. The predicted octanol–water partition coefficient (Wildman–Crippen LogP) is 2.69. The molecule has 2 atom stereocenters. The Morgan fingerprint density at radius 3 is 3.00 bits per heavy atom. The van der Waals surface area contributed by atoms with Gasteiger partial charge in [-0.25, -0.2) is 0 Å². The van der Waals surface area contributed by atoms with E-state index in [1.807, 2.05) is 11.4 Å². The molecule has 1 aromatic rings. The molecule has 2 unspecified atom stereocenters. The van der Waals surface area contributed by atoms with Crippen molar-refractivity contribution < 1.29 is 4.79 Å². The molecule has 0 radical (unpaired) electrons. The van der Waals surface area contributed by atoms with Crippen LogP contribution in [0.4, 0.5) is 0 Å². The van der Waals surface area contributed by atoms with Crippen molar-refractivity contribution >= 4 is 33.0 Å². The Balaban J connectivity index is 2.20. The SMILES string of the molecule is CC1NCCC1C(=O)c1sccc1Br. The molecule has 1 aliphatic heterocycles. The molecular formula is C10H12BrNOS. The fourth-order valence-corrected chi connectivity index (χ4v) is 3.43. The van der Waals surface area contributed by atoms with Gasteiger partial charge < -0.3 is 5.32 Å². The molecule has 1 fully saturated rings. The van der Waals surface area contributed by atoms with E-state index in [9.17, 15) is 4.79 Å². The predicted molar refractivity (Wildman–Crippen MR) is 61.9 cm³/mol. The van der Waals surface area contributed by atoms with Gasteiger partial charge in [-0.3, -0.25) is 4.79 Å². The maximum atomic E-state index is 12.1. The standard InChI is InChI=1S/C10H12BrNOS/c1-6-7(2-4-12-6)9(13)10-8(11)3-5-14-10/h3,5-7,12H,2,4H2,1H3. The van der Waals surface area contributed by atoms with Crippen LogP contribution in [0.2, 0.25) is 0 Å². The lowest BCUT2D eigenvalue weighted by Gasteiger charge is -2.12. The molecule has 76 valence electrons. The summed E-state index contributed by atoms with van der Waals surface area (Å²) in [5.41, 5.74) is 0. The van der Waals surface area contributed by atoms with Crippen LogP contribution in [-0.2, 0) is 0 Å². The monoisotopic (exact) mass is 273 g/mol. The molecule has 0 spiro atoms. The maximum absolute atomic E-state index is 12.1. The summed E-state index contributed by atoms with van der Waals surface area (Å²) in [4.78, 5) is 12.9. The van der Waals surface area contributed by atoms with Crippen LogP contribution in [0.15, 0.2) is 15.9 Å². The molecule has 1 aliphatic rings. The van der Waals surface area contributed by atoms with E-state index in [1.54, 1.807) is 0 Å². The third kappa shape index (κ3) is 1.78. The number of hydrogen-bond donors (Lipinski definition) is 1. The number of nitrogens with one attached hydrogen (secondary N) is 1. The third-order valence-corrected chi connectivity index (χ3v) is 4.56. The number of rotatable bonds is 2. The van der Waals surface area contributed by atoms with Gasteiger partial charge >= 0.3 is 0 Å². The van der Waals surface area contributed by atoms with E-state index in [-0.39, 0.29) is 11.7 Å². The van der Waals surface area contributed by atoms with E-state index in [0.717, 1.165) is 22.3 Å². The van der Waals surface area contributed by atoms with Crippen molar-refractivity contribution in [2.45, 2.75) is 19.4 Å². The summed E-state index contributed by atoms with van der Waals surface area (Å²) in [6.07, 6.45) is 0.963. The number of hydrogen-bond acceptors (Lipinski definition) is 3. The lowest BCUT2D eigenvalue weighted by molar-refractivity contribution is 0.0917. The molecule has 14 heavy (non-hydrogen) atoms. The summed E-state index contributed by atoms with van der Waals surface area (Å²) in [5, 5.41) is 5.25. The van der Waals surface area contributed by atoms with E-state index >= 15 is 0 Å². The van der Waals surface area contributed by atoms with E-state index in [0.29, 0.717) is 6.04 Å². The highest BCUT2D eigenvalue weighted by molar-refractivity contribution is 9.10. The zero-order valence-electron chi connectivity index (χ0n) is 7.92. The zero-order chi connectivity index (χ0) is 10.1. The molecule has 0 amide bonds. The highest BCUT2D eigenvalue weighted by Gasteiger charge is 2.31. The molecule has 0 aliphatic carbocycles. The van der Waals surface area contributed by atoms with Gasteiger partial charge in [0, 0.05) is 16.4 Å². The summed E-state index contributed by atoms with van der Waals surface area (Å²) < 4.78 is 0.937. The van der Waals surface area contributed by atoms with Gasteiger partial charge in [0.2, 0.25) is 0 Å². The van der Waals surface area contributed by atoms with Crippen molar-refractivity contribution in [3.05, 3.63) is 20.8 Å². The van der Waals surface area contributed by atoms with Crippen molar-refractivity contribution in [1.29, 1.82) is 0 Å². The minimum atomic E-state index is 0.157. The van der Waals surface area contributed by atoms with Crippen molar-refractivity contribution in [2.24, 2.45) is 5.92 Å². The first kappa shape index (κ1) is 10.3. The Bertz CT molecular complexity index is 350. The van der Waals surface area contributed by atoms with Crippen LogP contribution < -0.4 is 5.32 Å². The minimum Gasteiger partial charge on any atom is -0.313 e. The second-order valence-electron chi connectivity index (χ2n) is 3.60.